The van der Waals surface area contributed by atoms with E-state index in [1.807, 2.05) is 5.38 Å². The van der Waals surface area contributed by atoms with Crippen LogP contribution in [0.5, 0.6) is 0 Å². The minimum atomic E-state index is -0.326. The number of hydrogen-bond donors (Lipinski definition) is 2. The van der Waals surface area contributed by atoms with Crippen LogP contribution in [0.1, 0.15) is 29.5 Å². The van der Waals surface area contributed by atoms with Crippen molar-refractivity contribution in [2.24, 2.45) is 5.10 Å². The van der Waals surface area contributed by atoms with Gasteiger partial charge in [-0.25, -0.2) is 10.4 Å². The van der Waals surface area contributed by atoms with Gasteiger partial charge in [0, 0.05) is 23.8 Å². The van der Waals surface area contributed by atoms with Crippen molar-refractivity contribution in [3.63, 3.8) is 0 Å². The summed E-state index contributed by atoms with van der Waals surface area (Å²) >= 11 is 1.37. The number of benzene rings is 1. The van der Waals surface area contributed by atoms with E-state index >= 15 is 0 Å². The summed E-state index contributed by atoms with van der Waals surface area (Å²) in [4.78, 5) is 27.7. The van der Waals surface area contributed by atoms with Crippen LogP contribution in [0, 0.1) is 20.8 Å². The van der Waals surface area contributed by atoms with Gasteiger partial charge in [0.1, 0.15) is 5.71 Å². The molecular weight excluding hydrogens is 324 g/mol. The number of aromatic nitrogens is 1. The molecule has 124 valence electrons. The maximum Gasteiger partial charge on any atom is 0.273 e. The van der Waals surface area contributed by atoms with E-state index in [9.17, 15) is 9.59 Å². The van der Waals surface area contributed by atoms with Gasteiger partial charge in [-0.3, -0.25) is 14.9 Å². The van der Waals surface area contributed by atoms with Crippen molar-refractivity contribution in [2.45, 2.75) is 33.6 Å². The SMILES string of the molecule is Cc1cc(C)c(-c2csc(NC(=O)C3=NNC(=O)CC3)n2)cc1C. The summed E-state index contributed by atoms with van der Waals surface area (Å²) in [7, 11) is 0. The predicted molar refractivity (Wildman–Crippen MR) is 95.2 cm³/mol. The fraction of sp³-hybridized carbons (Fsp3) is 0.294. The fourth-order valence-corrected chi connectivity index (χ4v) is 3.20. The highest BCUT2D eigenvalue weighted by molar-refractivity contribution is 7.14. The van der Waals surface area contributed by atoms with E-state index in [0.717, 1.165) is 16.8 Å². The van der Waals surface area contributed by atoms with Crippen LogP contribution in [-0.4, -0.2) is 22.5 Å². The van der Waals surface area contributed by atoms with Crippen LogP contribution in [0.25, 0.3) is 11.3 Å². The van der Waals surface area contributed by atoms with Gasteiger partial charge in [0.15, 0.2) is 5.13 Å². The number of nitrogens with zero attached hydrogens (tertiary/aromatic N) is 2. The van der Waals surface area contributed by atoms with Crippen molar-refractivity contribution in [2.75, 3.05) is 5.32 Å². The lowest BCUT2D eigenvalue weighted by molar-refractivity contribution is -0.121. The first-order valence-corrected chi connectivity index (χ1v) is 8.52. The second kappa shape index (κ2) is 6.52. The van der Waals surface area contributed by atoms with E-state index in [1.54, 1.807) is 0 Å². The van der Waals surface area contributed by atoms with Crippen LogP contribution in [0.4, 0.5) is 5.13 Å². The lowest BCUT2D eigenvalue weighted by Gasteiger charge is -2.10. The number of aryl methyl sites for hydroxylation is 3. The van der Waals surface area contributed by atoms with E-state index in [1.165, 1.54) is 22.5 Å². The lowest BCUT2D eigenvalue weighted by Crippen LogP contribution is -2.32. The predicted octanol–water partition coefficient (Wildman–Crippen LogP) is 2.94. The first kappa shape index (κ1) is 16.3. The Labute approximate surface area is 144 Å². The molecule has 0 aliphatic carbocycles. The zero-order valence-corrected chi connectivity index (χ0v) is 14.6. The fourth-order valence-electron chi connectivity index (χ4n) is 2.50. The number of thiazole rings is 1. The molecule has 0 unspecified atom stereocenters. The average molecular weight is 342 g/mol. The smallest absolute Gasteiger partial charge is 0.273 e. The molecular formula is C17H18N4O2S. The minimum absolute atomic E-state index is 0.173. The third-order valence-electron chi connectivity index (χ3n) is 4.01. The molecule has 2 aromatic rings. The molecule has 7 heteroatoms. The van der Waals surface area contributed by atoms with E-state index in [4.69, 9.17) is 0 Å². The number of amides is 2. The summed E-state index contributed by atoms with van der Waals surface area (Å²) in [6.07, 6.45) is 0.614. The van der Waals surface area contributed by atoms with Crippen molar-refractivity contribution < 1.29 is 9.59 Å². The van der Waals surface area contributed by atoms with Crippen molar-refractivity contribution in [1.82, 2.24) is 10.4 Å². The molecule has 1 aromatic heterocycles. The molecule has 2 N–H and O–H groups in total. The molecule has 2 heterocycles. The normalized spacial score (nSPS) is 14.1. The molecule has 0 atom stereocenters. The highest BCUT2D eigenvalue weighted by atomic mass is 32.1. The van der Waals surface area contributed by atoms with E-state index in [2.05, 4.69) is 53.7 Å². The highest BCUT2D eigenvalue weighted by Crippen LogP contribution is 2.29. The van der Waals surface area contributed by atoms with Crippen LogP contribution >= 0.6 is 11.3 Å². The number of anilines is 1. The van der Waals surface area contributed by atoms with E-state index in [0.29, 0.717) is 17.3 Å². The first-order chi connectivity index (χ1) is 11.4. The Balaban J connectivity index is 1.78. The highest BCUT2D eigenvalue weighted by Gasteiger charge is 2.19. The molecule has 1 aliphatic heterocycles. The molecule has 0 spiro atoms. The second-order valence-corrected chi connectivity index (χ2v) is 6.69. The number of rotatable bonds is 3. The zero-order valence-electron chi connectivity index (χ0n) is 13.8. The maximum absolute atomic E-state index is 12.2. The van der Waals surface area contributed by atoms with Gasteiger partial charge in [0.25, 0.3) is 5.91 Å². The molecule has 2 amide bonds. The molecule has 0 bridgehead atoms. The first-order valence-electron chi connectivity index (χ1n) is 7.64. The topological polar surface area (TPSA) is 83.5 Å². The van der Waals surface area contributed by atoms with Crippen molar-refractivity contribution in [3.8, 4) is 11.3 Å². The van der Waals surface area contributed by atoms with Crippen LogP contribution < -0.4 is 10.7 Å². The van der Waals surface area contributed by atoms with Crippen molar-refractivity contribution in [3.05, 3.63) is 34.2 Å². The summed E-state index contributed by atoms with van der Waals surface area (Å²) in [6, 6.07) is 4.26. The van der Waals surface area contributed by atoms with Gasteiger partial charge in [-0.05, 0) is 43.5 Å². The molecule has 0 saturated carbocycles. The Kier molecular flexibility index (Phi) is 4.44. The summed E-state index contributed by atoms with van der Waals surface area (Å²) < 4.78 is 0. The minimum Gasteiger partial charge on any atom is -0.297 e. The van der Waals surface area contributed by atoms with Crippen molar-refractivity contribution >= 4 is 34.0 Å². The van der Waals surface area contributed by atoms with Gasteiger partial charge in [-0.2, -0.15) is 5.10 Å². The summed E-state index contributed by atoms with van der Waals surface area (Å²) in [5, 5.41) is 8.99. The Morgan fingerprint density at radius 1 is 1.17 bits per heavy atom. The molecule has 0 fully saturated rings. The molecule has 1 aliphatic rings. The standard InChI is InChI=1S/C17H18N4O2S/c1-9-6-11(3)12(7-10(9)2)14-8-24-17(18-14)19-16(23)13-4-5-15(22)21-20-13/h6-8H,4-5H2,1-3H3,(H,21,22)(H,18,19,23). The molecule has 24 heavy (non-hydrogen) atoms. The number of nitrogens with one attached hydrogen (secondary N) is 2. The Morgan fingerprint density at radius 2 is 1.92 bits per heavy atom. The Bertz CT molecular complexity index is 854. The summed E-state index contributed by atoms with van der Waals surface area (Å²) in [6.45, 7) is 6.21. The lowest BCUT2D eigenvalue weighted by atomic mass is 9.99. The number of carbonyl (C=O) groups excluding carboxylic acids is 2. The third kappa shape index (κ3) is 3.35. The zero-order chi connectivity index (χ0) is 17.3. The molecule has 0 radical (unpaired) electrons. The van der Waals surface area contributed by atoms with Gasteiger partial charge < -0.3 is 0 Å². The molecule has 3 rings (SSSR count). The molecule has 6 nitrogen and oxygen atoms in total. The van der Waals surface area contributed by atoms with Crippen LogP contribution in [0.2, 0.25) is 0 Å². The Hall–Kier alpha value is -2.54. The summed E-state index contributed by atoms with van der Waals surface area (Å²) in [5.74, 6) is -0.499. The van der Waals surface area contributed by atoms with E-state index in [-0.39, 0.29) is 18.2 Å². The molecule has 1 aromatic carbocycles. The average Bonchev–Trinajstić information content (AvgIpc) is 2.99. The van der Waals surface area contributed by atoms with Gasteiger partial charge in [0.2, 0.25) is 5.91 Å². The van der Waals surface area contributed by atoms with Gasteiger partial charge >= 0.3 is 0 Å². The quantitative estimate of drug-likeness (QED) is 0.899. The van der Waals surface area contributed by atoms with Gasteiger partial charge in [0.05, 0.1) is 5.69 Å². The Morgan fingerprint density at radius 3 is 2.62 bits per heavy atom. The maximum atomic E-state index is 12.2. The van der Waals surface area contributed by atoms with E-state index < -0.39 is 0 Å². The van der Waals surface area contributed by atoms with Crippen molar-refractivity contribution in [1.29, 1.82) is 0 Å². The number of hydrazone groups is 1. The largest absolute Gasteiger partial charge is 0.297 e. The van der Waals surface area contributed by atoms with Crippen LogP contribution in [-0.2, 0) is 9.59 Å². The van der Waals surface area contributed by atoms with Gasteiger partial charge in [-0.15, -0.1) is 11.3 Å². The second-order valence-electron chi connectivity index (χ2n) is 5.84. The number of carbonyl (C=O) groups is 2. The molecule has 0 saturated heterocycles. The number of hydrogen-bond acceptors (Lipinski definition) is 5. The third-order valence-corrected chi connectivity index (χ3v) is 4.77. The monoisotopic (exact) mass is 342 g/mol. The van der Waals surface area contributed by atoms with Crippen LogP contribution in [0.15, 0.2) is 22.6 Å². The van der Waals surface area contributed by atoms with Crippen LogP contribution in [0.3, 0.4) is 0 Å². The van der Waals surface area contributed by atoms with Gasteiger partial charge in [-0.1, -0.05) is 6.07 Å². The summed E-state index contributed by atoms with van der Waals surface area (Å²) in [5.41, 5.74) is 8.15.